The maximum absolute atomic E-state index is 11.6. The molecule has 1 aliphatic heterocycles. The maximum Gasteiger partial charge on any atom is 0.238 e. The molecule has 0 aromatic rings. The molecule has 0 saturated carbocycles. The van der Waals surface area contributed by atoms with E-state index in [2.05, 4.69) is 12.6 Å². The zero-order chi connectivity index (χ0) is 9.19. The molecule has 70 valence electrons. The molecule has 0 spiro atoms. The molecule has 3 nitrogen and oxygen atoms in total. The zero-order valence-electron chi connectivity index (χ0n) is 7.54. The maximum atomic E-state index is 11.6. The summed E-state index contributed by atoms with van der Waals surface area (Å²) in [5, 5.41) is 0. The minimum absolute atomic E-state index is 0.0918. The van der Waals surface area contributed by atoms with Crippen LogP contribution in [0.1, 0.15) is 12.8 Å². The van der Waals surface area contributed by atoms with Crippen molar-refractivity contribution in [1.82, 2.24) is 4.90 Å². The highest BCUT2D eigenvalue weighted by Gasteiger charge is 2.37. The van der Waals surface area contributed by atoms with Gasteiger partial charge >= 0.3 is 0 Å². The van der Waals surface area contributed by atoms with E-state index < -0.39 is 4.75 Å². The minimum Gasteiger partial charge on any atom is -0.381 e. The molecule has 0 unspecified atom stereocenters. The molecule has 0 aliphatic carbocycles. The average molecular weight is 189 g/mol. The largest absolute Gasteiger partial charge is 0.381 e. The predicted molar refractivity (Wildman–Crippen MR) is 50.5 cm³/mol. The van der Waals surface area contributed by atoms with Gasteiger partial charge in [0.25, 0.3) is 0 Å². The summed E-state index contributed by atoms with van der Waals surface area (Å²) in [5.41, 5.74) is 0. The van der Waals surface area contributed by atoms with E-state index >= 15 is 0 Å². The van der Waals surface area contributed by atoms with Crippen molar-refractivity contribution >= 4 is 18.5 Å². The number of thiol groups is 1. The molecular formula is C8H15NO2S. The molecule has 1 rings (SSSR count). The van der Waals surface area contributed by atoms with E-state index in [9.17, 15) is 4.79 Å². The van der Waals surface area contributed by atoms with Crippen LogP contribution in [-0.4, -0.2) is 42.9 Å². The van der Waals surface area contributed by atoms with Gasteiger partial charge in [-0.25, -0.2) is 0 Å². The molecule has 4 heteroatoms. The van der Waals surface area contributed by atoms with E-state index in [0.717, 1.165) is 0 Å². The fraction of sp³-hybridized carbons (Fsp3) is 0.875. The molecule has 0 aromatic carbocycles. The summed E-state index contributed by atoms with van der Waals surface area (Å²) in [6, 6.07) is 0. The van der Waals surface area contributed by atoms with Crippen molar-refractivity contribution in [2.75, 3.05) is 27.3 Å². The van der Waals surface area contributed by atoms with Crippen LogP contribution < -0.4 is 0 Å². The van der Waals surface area contributed by atoms with Crippen LogP contribution in [0.4, 0.5) is 0 Å². The summed E-state index contributed by atoms with van der Waals surface area (Å²) in [5.74, 6) is 0.0918. The van der Waals surface area contributed by atoms with E-state index in [4.69, 9.17) is 4.74 Å². The van der Waals surface area contributed by atoms with Crippen molar-refractivity contribution in [3.05, 3.63) is 0 Å². The van der Waals surface area contributed by atoms with Crippen molar-refractivity contribution < 1.29 is 9.53 Å². The number of nitrogens with zero attached hydrogens (tertiary/aromatic N) is 1. The molecule has 0 radical (unpaired) electrons. The van der Waals surface area contributed by atoms with E-state index in [0.29, 0.717) is 26.1 Å². The molecule has 0 bridgehead atoms. The first kappa shape index (κ1) is 9.86. The smallest absolute Gasteiger partial charge is 0.238 e. The Morgan fingerprint density at radius 2 is 1.92 bits per heavy atom. The Kier molecular flexibility index (Phi) is 3.01. The van der Waals surface area contributed by atoms with Gasteiger partial charge in [-0.3, -0.25) is 4.79 Å². The van der Waals surface area contributed by atoms with E-state index in [1.54, 1.807) is 19.0 Å². The number of rotatable bonds is 1. The lowest BCUT2D eigenvalue weighted by Crippen LogP contribution is -2.45. The van der Waals surface area contributed by atoms with Crippen LogP contribution in [0.15, 0.2) is 0 Å². The first-order valence-corrected chi connectivity index (χ1v) is 4.53. The summed E-state index contributed by atoms with van der Waals surface area (Å²) >= 11 is 4.41. The summed E-state index contributed by atoms with van der Waals surface area (Å²) in [6.45, 7) is 1.28. The van der Waals surface area contributed by atoms with Gasteiger partial charge in [-0.1, -0.05) is 0 Å². The second-order valence-corrected chi connectivity index (χ2v) is 4.20. The van der Waals surface area contributed by atoms with Gasteiger partial charge in [0.2, 0.25) is 5.91 Å². The highest BCUT2D eigenvalue weighted by molar-refractivity contribution is 7.82. The SMILES string of the molecule is CN(C)C(=O)C1(S)CCOCC1. The van der Waals surface area contributed by atoms with Crippen LogP contribution in [-0.2, 0) is 9.53 Å². The lowest BCUT2D eigenvalue weighted by Gasteiger charge is -2.33. The average Bonchev–Trinajstić information content (AvgIpc) is 2.04. The van der Waals surface area contributed by atoms with E-state index in [-0.39, 0.29) is 5.91 Å². The Labute approximate surface area is 78.5 Å². The van der Waals surface area contributed by atoms with Crippen LogP contribution >= 0.6 is 12.6 Å². The van der Waals surface area contributed by atoms with Crippen molar-refractivity contribution in [1.29, 1.82) is 0 Å². The molecule has 12 heavy (non-hydrogen) atoms. The van der Waals surface area contributed by atoms with E-state index in [1.807, 2.05) is 0 Å². The summed E-state index contributed by atoms with van der Waals surface area (Å²) < 4.78 is 4.69. The highest BCUT2D eigenvalue weighted by Crippen LogP contribution is 2.29. The normalized spacial score (nSPS) is 21.9. The first-order valence-electron chi connectivity index (χ1n) is 4.08. The molecular weight excluding hydrogens is 174 g/mol. The van der Waals surface area contributed by atoms with Crippen LogP contribution in [0.2, 0.25) is 0 Å². The van der Waals surface area contributed by atoms with Gasteiger partial charge in [-0.2, -0.15) is 12.6 Å². The Morgan fingerprint density at radius 1 is 1.42 bits per heavy atom. The van der Waals surface area contributed by atoms with Crippen LogP contribution in [0.5, 0.6) is 0 Å². The van der Waals surface area contributed by atoms with Gasteiger partial charge in [0, 0.05) is 27.3 Å². The number of amides is 1. The van der Waals surface area contributed by atoms with Gasteiger partial charge < -0.3 is 9.64 Å². The lowest BCUT2D eigenvalue weighted by molar-refractivity contribution is -0.133. The van der Waals surface area contributed by atoms with Gasteiger partial charge in [-0.05, 0) is 12.8 Å². The van der Waals surface area contributed by atoms with Crippen molar-refractivity contribution in [2.45, 2.75) is 17.6 Å². The van der Waals surface area contributed by atoms with Crippen molar-refractivity contribution in [3.63, 3.8) is 0 Å². The van der Waals surface area contributed by atoms with Crippen molar-refractivity contribution in [3.8, 4) is 0 Å². The van der Waals surface area contributed by atoms with Gasteiger partial charge in [-0.15, -0.1) is 0 Å². The zero-order valence-corrected chi connectivity index (χ0v) is 8.43. The molecule has 0 N–H and O–H groups in total. The number of hydrogen-bond acceptors (Lipinski definition) is 3. The predicted octanol–water partition coefficient (Wildman–Crippen LogP) is 0.554. The molecule has 0 atom stereocenters. The van der Waals surface area contributed by atoms with Gasteiger partial charge in [0.1, 0.15) is 0 Å². The molecule has 1 fully saturated rings. The third-order valence-electron chi connectivity index (χ3n) is 2.12. The van der Waals surface area contributed by atoms with Crippen molar-refractivity contribution in [2.24, 2.45) is 0 Å². The van der Waals surface area contributed by atoms with Crippen LogP contribution in [0.25, 0.3) is 0 Å². The summed E-state index contributed by atoms with van der Waals surface area (Å²) in [6.07, 6.45) is 1.43. The summed E-state index contributed by atoms with van der Waals surface area (Å²) in [7, 11) is 3.52. The van der Waals surface area contributed by atoms with E-state index in [1.165, 1.54) is 0 Å². The number of carbonyl (C=O) groups is 1. The Balaban J connectivity index is 2.62. The lowest BCUT2D eigenvalue weighted by atomic mass is 9.97. The third-order valence-corrected chi connectivity index (χ3v) is 2.76. The second-order valence-electron chi connectivity index (χ2n) is 3.34. The second kappa shape index (κ2) is 3.66. The van der Waals surface area contributed by atoms with Gasteiger partial charge in [0.15, 0.2) is 0 Å². The topological polar surface area (TPSA) is 29.5 Å². The number of ether oxygens (including phenoxy) is 1. The quantitative estimate of drug-likeness (QED) is 0.611. The Hall–Kier alpha value is -0.220. The monoisotopic (exact) mass is 189 g/mol. The standard InChI is InChI=1S/C8H15NO2S/c1-9(2)7(10)8(12)3-5-11-6-4-8/h12H,3-6H2,1-2H3. The third kappa shape index (κ3) is 1.93. The number of hydrogen-bond donors (Lipinski definition) is 1. The minimum atomic E-state index is -0.484. The van der Waals surface area contributed by atoms with Crippen LogP contribution in [0, 0.1) is 0 Å². The molecule has 0 aromatic heterocycles. The van der Waals surface area contributed by atoms with Crippen LogP contribution in [0.3, 0.4) is 0 Å². The summed E-state index contributed by atoms with van der Waals surface area (Å²) in [4.78, 5) is 13.2. The Bertz CT molecular complexity index is 176. The Morgan fingerprint density at radius 3 is 2.33 bits per heavy atom. The fourth-order valence-electron chi connectivity index (χ4n) is 1.34. The fourth-order valence-corrected chi connectivity index (χ4v) is 1.72. The molecule has 1 heterocycles. The highest BCUT2D eigenvalue weighted by atomic mass is 32.1. The molecule has 1 amide bonds. The van der Waals surface area contributed by atoms with Gasteiger partial charge in [0.05, 0.1) is 4.75 Å². The first-order chi connectivity index (χ1) is 5.56. The number of carbonyl (C=O) groups excluding carboxylic acids is 1. The molecule has 1 aliphatic rings. The molecule has 1 saturated heterocycles.